The van der Waals surface area contributed by atoms with Gasteiger partial charge in [0.15, 0.2) is 0 Å². The smallest absolute Gasteiger partial charge is 0.335 e. The molecule has 0 radical (unpaired) electrons. The number of nitrogens with one attached hydrogen (secondary N) is 1. The van der Waals surface area contributed by atoms with Crippen LogP contribution in [-0.2, 0) is 4.79 Å². The third kappa shape index (κ3) is 2.50. The average molecular weight is 287 g/mol. The number of hydrogen-bond acceptors (Lipinski definition) is 3. The SMILES string of the molecule is O=C1CCN(c2cc(C(=O)O)cc(F)c2Cl)C(=O)N1. The molecule has 0 atom stereocenters. The van der Waals surface area contributed by atoms with Gasteiger partial charge in [-0.2, -0.15) is 0 Å². The Morgan fingerprint density at radius 1 is 1.42 bits per heavy atom. The summed E-state index contributed by atoms with van der Waals surface area (Å²) in [4.78, 5) is 34.5. The third-order valence-electron chi connectivity index (χ3n) is 2.60. The van der Waals surface area contributed by atoms with Crippen molar-refractivity contribution in [2.24, 2.45) is 0 Å². The van der Waals surface area contributed by atoms with Crippen molar-refractivity contribution in [2.45, 2.75) is 6.42 Å². The Morgan fingerprint density at radius 3 is 2.68 bits per heavy atom. The molecule has 1 saturated heterocycles. The maximum absolute atomic E-state index is 13.5. The zero-order chi connectivity index (χ0) is 14.2. The number of imide groups is 1. The van der Waals surface area contributed by atoms with E-state index in [1.807, 2.05) is 5.32 Å². The van der Waals surface area contributed by atoms with Gasteiger partial charge in [0.1, 0.15) is 10.8 Å². The van der Waals surface area contributed by atoms with Gasteiger partial charge < -0.3 is 5.11 Å². The van der Waals surface area contributed by atoms with Gasteiger partial charge in [0, 0.05) is 13.0 Å². The standard InChI is InChI=1S/C11H8ClFN2O4/c12-9-6(13)3-5(10(17)18)4-7(9)15-2-1-8(16)14-11(15)19/h3-4H,1-2H2,(H,17,18)(H,14,16,19). The van der Waals surface area contributed by atoms with E-state index in [2.05, 4.69) is 0 Å². The Morgan fingerprint density at radius 2 is 2.11 bits per heavy atom. The lowest BCUT2D eigenvalue weighted by Crippen LogP contribution is -2.49. The van der Waals surface area contributed by atoms with Crippen molar-refractivity contribution >= 4 is 35.2 Å². The second-order valence-corrected chi connectivity index (χ2v) is 4.23. The average Bonchev–Trinajstić information content (AvgIpc) is 2.33. The van der Waals surface area contributed by atoms with Gasteiger partial charge in [-0.1, -0.05) is 11.6 Å². The van der Waals surface area contributed by atoms with Crippen molar-refractivity contribution in [3.05, 3.63) is 28.5 Å². The highest BCUT2D eigenvalue weighted by Gasteiger charge is 2.27. The Kier molecular flexibility index (Phi) is 3.39. The molecule has 1 aliphatic rings. The van der Waals surface area contributed by atoms with Gasteiger partial charge in [-0.3, -0.25) is 15.0 Å². The molecule has 1 aromatic rings. The molecule has 1 aliphatic heterocycles. The fourth-order valence-corrected chi connectivity index (χ4v) is 1.90. The minimum absolute atomic E-state index is 0.00684. The van der Waals surface area contributed by atoms with E-state index < -0.39 is 23.7 Å². The van der Waals surface area contributed by atoms with E-state index in [1.54, 1.807) is 0 Å². The Balaban J connectivity index is 2.46. The molecule has 2 N–H and O–H groups in total. The lowest BCUT2D eigenvalue weighted by atomic mass is 10.1. The number of carboxylic acid groups (broad SMARTS) is 1. The zero-order valence-corrected chi connectivity index (χ0v) is 10.2. The predicted molar refractivity (Wildman–Crippen MR) is 63.9 cm³/mol. The van der Waals surface area contributed by atoms with E-state index in [4.69, 9.17) is 16.7 Å². The highest BCUT2D eigenvalue weighted by atomic mass is 35.5. The molecule has 0 spiro atoms. The maximum Gasteiger partial charge on any atom is 0.335 e. The predicted octanol–water partition coefficient (Wildman–Crippen LogP) is 1.62. The van der Waals surface area contributed by atoms with Gasteiger partial charge >= 0.3 is 12.0 Å². The quantitative estimate of drug-likeness (QED) is 0.865. The van der Waals surface area contributed by atoms with Crippen LogP contribution in [0.1, 0.15) is 16.8 Å². The highest BCUT2D eigenvalue weighted by Crippen LogP contribution is 2.31. The summed E-state index contributed by atoms with van der Waals surface area (Å²) >= 11 is 5.73. The summed E-state index contributed by atoms with van der Waals surface area (Å²) in [6, 6.07) is 1.09. The molecule has 0 saturated carbocycles. The highest BCUT2D eigenvalue weighted by molar-refractivity contribution is 6.34. The topological polar surface area (TPSA) is 86.7 Å². The van der Waals surface area contributed by atoms with Crippen molar-refractivity contribution in [3.63, 3.8) is 0 Å². The molecule has 2 rings (SSSR count). The number of aromatic carboxylic acids is 1. The Hall–Kier alpha value is -2.15. The molecule has 1 fully saturated rings. The van der Waals surface area contributed by atoms with Crippen molar-refractivity contribution in [1.29, 1.82) is 0 Å². The molecule has 100 valence electrons. The minimum atomic E-state index is -1.34. The molecule has 0 unspecified atom stereocenters. The molecule has 0 aliphatic carbocycles. The lowest BCUT2D eigenvalue weighted by Gasteiger charge is -2.27. The second kappa shape index (κ2) is 4.85. The van der Waals surface area contributed by atoms with E-state index >= 15 is 0 Å². The number of benzene rings is 1. The number of carbonyl (C=O) groups is 3. The number of urea groups is 1. The summed E-state index contributed by atoms with van der Waals surface area (Å²) in [5, 5.41) is 10.5. The number of carbonyl (C=O) groups excluding carboxylic acids is 2. The molecule has 19 heavy (non-hydrogen) atoms. The molecule has 0 aromatic heterocycles. The van der Waals surface area contributed by atoms with Gasteiger partial charge in [0.05, 0.1) is 11.3 Å². The fraction of sp³-hybridized carbons (Fsp3) is 0.182. The first-order valence-corrected chi connectivity index (χ1v) is 5.61. The number of carboxylic acids is 1. The third-order valence-corrected chi connectivity index (χ3v) is 2.97. The van der Waals surface area contributed by atoms with Crippen LogP contribution in [0.2, 0.25) is 5.02 Å². The zero-order valence-electron chi connectivity index (χ0n) is 9.44. The molecule has 1 heterocycles. The Labute approximate surface area is 111 Å². The van der Waals surface area contributed by atoms with Crippen LogP contribution in [0.5, 0.6) is 0 Å². The largest absolute Gasteiger partial charge is 0.478 e. The van der Waals surface area contributed by atoms with Crippen LogP contribution >= 0.6 is 11.6 Å². The van der Waals surface area contributed by atoms with Crippen LogP contribution in [0.3, 0.4) is 0 Å². The van der Waals surface area contributed by atoms with Crippen molar-refractivity contribution in [1.82, 2.24) is 5.32 Å². The summed E-state index contributed by atoms with van der Waals surface area (Å²) < 4.78 is 13.5. The summed E-state index contributed by atoms with van der Waals surface area (Å²) in [7, 11) is 0. The molecular weight excluding hydrogens is 279 g/mol. The van der Waals surface area contributed by atoms with Crippen molar-refractivity contribution in [3.8, 4) is 0 Å². The first-order valence-electron chi connectivity index (χ1n) is 5.24. The van der Waals surface area contributed by atoms with Gasteiger partial charge in [0.25, 0.3) is 0 Å². The Bertz CT molecular complexity index is 590. The fourth-order valence-electron chi connectivity index (χ4n) is 1.69. The first-order chi connectivity index (χ1) is 8.90. The van der Waals surface area contributed by atoms with Crippen LogP contribution in [0.4, 0.5) is 14.9 Å². The van der Waals surface area contributed by atoms with E-state index in [1.165, 1.54) is 0 Å². The van der Waals surface area contributed by atoms with Crippen LogP contribution in [0, 0.1) is 5.82 Å². The summed E-state index contributed by atoms with van der Waals surface area (Å²) in [5.41, 5.74) is -0.411. The van der Waals surface area contributed by atoms with Crippen LogP contribution in [0.15, 0.2) is 12.1 Å². The molecule has 3 amide bonds. The number of anilines is 1. The van der Waals surface area contributed by atoms with Crippen LogP contribution in [-0.4, -0.2) is 29.6 Å². The minimum Gasteiger partial charge on any atom is -0.478 e. The van der Waals surface area contributed by atoms with Crippen LogP contribution in [0.25, 0.3) is 0 Å². The molecule has 6 nitrogen and oxygen atoms in total. The van der Waals surface area contributed by atoms with Gasteiger partial charge in [-0.15, -0.1) is 0 Å². The van der Waals surface area contributed by atoms with E-state index in [0.29, 0.717) is 0 Å². The normalized spacial score (nSPS) is 15.4. The van der Waals surface area contributed by atoms with Gasteiger partial charge in [-0.25, -0.2) is 14.0 Å². The summed E-state index contributed by atoms with van der Waals surface area (Å²) in [5.74, 6) is -2.74. The van der Waals surface area contributed by atoms with Crippen molar-refractivity contribution < 1.29 is 23.9 Å². The van der Waals surface area contributed by atoms with E-state index in [-0.39, 0.29) is 29.2 Å². The van der Waals surface area contributed by atoms with Gasteiger partial charge in [-0.05, 0) is 12.1 Å². The summed E-state index contributed by atoms with van der Waals surface area (Å²) in [6.07, 6.45) is 0.0288. The van der Waals surface area contributed by atoms with E-state index in [0.717, 1.165) is 17.0 Å². The van der Waals surface area contributed by atoms with E-state index in [9.17, 15) is 18.8 Å². The van der Waals surface area contributed by atoms with Crippen LogP contribution < -0.4 is 10.2 Å². The number of halogens is 2. The number of hydrogen-bond donors (Lipinski definition) is 2. The maximum atomic E-state index is 13.5. The second-order valence-electron chi connectivity index (χ2n) is 3.85. The lowest BCUT2D eigenvalue weighted by molar-refractivity contribution is -0.120. The number of nitrogens with zero attached hydrogens (tertiary/aromatic N) is 1. The number of amides is 3. The monoisotopic (exact) mass is 286 g/mol. The molecule has 8 heteroatoms. The summed E-state index contributed by atoms with van der Waals surface area (Å²) in [6.45, 7) is 0.00684. The molecule has 1 aromatic carbocycles. The van der Waals surface area contributed by atoms with Gasteiger partial charge in [0.2, 0.25) is 5.91 Å². The number of rotatable bonds is 2. The molecular formula is C11H8ClFN2O4. The molecule has 0 bridgehead atoms. The van der Waals surface area contributed by atoms with Crippen molar-refractivity contribution in [2.75, 3.05) is 11.4 Å². The first kappa shape index (κ1) is 13.3.